The Hall–Kier alpha value is -1.67. The number of nitrogens with two attached hydrogens (primary N) is 1. The van der Waals surface area contributed by atoms with Crippen LogP contribution in [0.2, 0.25) is 0 Å². The van der Waals surface area contributed by atoms with E-state index in [4.69, 9.17) is 5.73 Å². The molecule has 0 spiro atoms. The van der Waals surface area contributed by atoms with E-state index in [1.807, 2.05) is 0 Å². The molecule has 2 N–H and O–H groups in total. The van der Waals surface area contributed by atoms with Crippen LogP contribution in [0.5, 0.6) is 5.88 Å². The van der Waals surface area contributed by atoms with E-state index in [1.165, 1.54) is 0 Å². The van der Waals surface area contributed by atoms with Crippen molar-refractivity contribution in [2.45, 2.75) is 12.8 Å². The molecule has 0 saturated carbocycles. The molecule has 0 unspecified atom stereocenters. The fourth-order valence-electron chi connectivity index (χ4n) is 0.847. The van der Waals surface area contributed by atoms with Crippen molar-refractivity contribution in [2.24, 2.45) is 0 Å². The summed E-state index contributed by atoms with van der Waals surface area (Å²) in [6.07, 6.45) is -8.57. The molecular formula is C7H4F6N2O. The van der Waals surface area contributed by atoms with E-state index in [2.05, 4.69) is 9.72 Å². The maximum Gasteiger partial charge on any atom is 0.574 e. The first-order chi connectivity index (χ1) is 7.20. The zero-order valence-corrected chi connectivity index (χ0v) is 7.36. The molecule has 0 aromatic carbocycles. The van der Waals surface area contributed by atoms with Gasteiger partial charge in [-0.1, -0.05) is 0 Å². The minimum atomic E-state index is -5.21. The van der Waals surface area contributed by atoms with Crippen LogP contribution in [-0.2, 0) is 0 Å². The number of aromatic nitrogens is 1. The molecule has 0 aliphatic heterocycles. The number of halogens is 6. The molecule has 0 bridgehead atoms. The van der Waals surface area contributed by atoms with E-state index in [0.29, 0.717) is 0 Å². The van der Waals surface area contributed by atoms with E-state index in [9.17, 15) is 26.3 Å². The highest BCUT2D eigenvalue weighted by molar-refractivity contribution is 5.40. The van der Waals surface area contributed by atoms with Crippen molar-refractivity contribution >= 4 is 5.82 Å². The molecule has 0 fully saturated rings. The highest BCUT2D eigenvalue weighted by Crippen LogP contribution is 2.32. The van der Waals surface area contributed by atoms with Gasteiger partial charge < -0.3 is 10.5 Å². The van der Waals surface area contributed by atoms with E-state index in [0.717, 1.165) is 0 Å². The van der Waals surface area contributed by atoms with Crippen molar-refractivity contribution in [1.82, 2.24) is 4.98 Å². The van der Waals surface area contributed by atoms with Crippen LogP contribution in [0.15, 0.2) is 6.07 Å². The summed E-state index contributed by atoms with van der Waals surface area (Å²) in [5.74, 6) is -3.75. The Labute approximate surface area is 84.8 Å². The van der Waals surface area contributed by atoms with Gasteiger partial charge in [-0.25, -0.2) is 13.2 Å². The number of hydrogen-bond donors (Lipinski definition) is 1. The molecule has 0 radical (unpaired) electrons. The molecule has 0 amide bonds. The molecule has 0 aliphatic rings. The van der Waals surface area contributed by atoms with Gasteiger partial charge in [0.15, 0.2) is 11.6 Å². The minimum absolute atomic E-state index is 0.147. The van der Waals surface area contributed by atoms with E-state index >= 15 is 0 Å². The average Bonchev–Trinajstić information content (AvgIpc) is 2.07. The van der Waals surface area contributed by atoms with Crippen molar-refractivity contribution in [2.75, 3.05) is 5.73 Å². The van der Waals surface area contributed by atoms with Gasteiger partial charge >= 0.3 is 6.36 Å². The summed E-state index contributed by atoms with van der Waals surface area (Å²) >= 11 is 0. The summed E-state index contributed by atoms with van der Waals surface area (Å²) in [7, 11) is 0. The first-order valence-corrected chi connectivity index (χ1v) is 3.70. The quantitative estimate of drug-likeness (QED) is 0.816. The largest absolute Gasteiger partial charge is 0.574 e. The predicted molar refractivity (Wildman–Crippen MR) is 40.2 cm³/mol. The van der Waals surface area contributed by atoms with Crippen molar-refractivity contribution in [3.05, 3.63) is 17.4 Å². The fraction of sp³-hybridized carbons (Fsp3) is 0.286. The average molecular weight is 246 g/mol. The molecule has 1 aromatic rings. The predicted octanol–water partition coefficient (Wildman–Crippen LogP) is 2.64. The lowest BCUT2D eigenvalue weighted by Crippen LogP contribution is -2.19. The van der Waals surface area contributed by atoms with Crippen molar-refractivity contribution in [1.29, 1.82) is 0 Å². The van der Waals surface area contributed by atoms with Crippen LogP contribution in [0, 0.1) is 5.82 Å². The molecule has 90 valence electrons. The number of nitrogens with zero attached hydrogens (tertiary/aromatic N) is 1. The smallest absolute Gasteiger partial charge is 0.387 e. The highest BCUT2D eigenvalue weighted by atomic mass is 19.4. The first kappa shape index (κ1) is 12.4. The topological polar surface area (TPSA) is 48.1 Å². The van der Waals surface area contributed by atoms with Crippen molar-refractivity contribution in [3.63, 3.8) is 0 Å². The van der Waals surface area contributed by atoms with Crippen LogP contribution in [0.25, 0.3) is 0 Å². The Morgan fingerprint density at radius 3 is 2.31 bits per heavy atom. The van der Waals surface area contributed by atoms with Crippen molar-refractivity contribution in [3.8, 4) is 5.88 Å². The van der Waals surface area contributed by atoms with Crippen LogP contribution >= 0.6 is 0 Å². The highest BCUT2D eigenvalue weighted by Gasteiger charge is 2.34. The standard InChI is InChI=1S/C7H4F6N2O/c8-3-1-2(4(9)10)6(15-5(3)14)16-7(11,12)13/h1,4H,(H2,14,15). The summed E-state index contributed by atoms with van der Waals surface area (Å²) < 4.78 is 75.7. The van der Waals surface area contributed by atoms with Gasteiger partial charge in [0, 0.05) is 0 Å². The van der Waals surface area contributed by atoms with Gasteiger partial charge in [0.2, 0.25) is 5.88 Å². The molecule has 9 heteroatoms. The number of ether oxygens (including phenoxy) is 1. The zero-order valence-electron chi connectivity index (χ0n) is 7.36. The second kappa shape index (κ2) is 4.06. The van der Waals surface area contributed by atoms with Gasteiger partial charge in [-0.15, -0.1) is 13.2 Å². The third-order valence-electron chi connectivity index (χ3n) is 1.44. The zero-order chi connectivity index (χ0) is 12.5. The number of hydrogen-bond acceptors (Lipinski definition) is 3. The fourth-order valence-corrected chi connectivity index (χ4v) is 0.847. The van der Waals surface area contributed by atoms with E-state index in [1.54, 1.807) is 0 Å². The Morgan fingerprint density at radius 2 is 1.88 bits per heavy atom. The normalized spacial score (nSPS) is 11.9. The minimum Gasteiger partial charge on any atom is -0.387 e. The van der Waals surface area contributed by atoms with E-state index < -0.39 is 35.9 Å². The lowest BCUT2D eigenvalue weighted by atomic mass is 10.2. The van der Waals surface area contributed by atoms with Crippen LogP contribution < -0.4 is 10.5 Å². The van der Waals surface area contributed by atoms with Gasteiger partial charge in [-0.3, -0.25) is 0 Å². The number of anilines is 1. The van der Waals surface area contributed by atoms with Crippen LogP contribution in [-0.4, -0.2) is 11.3 Å². The Kier molecular flexibility index (Phi) is 3.15. The Morgan fingerprint density at radius 1 is 1.31 bits per heavy atom. The second-order valence-corrected chi connectivity index (χ2v) is 2.60. The van der Waals surface area contributed by atoms with E-state index in [-0.39, 0.29) is 6.07 Å². The number of rotatable bonds is 2. The summed E-state index contributed by atoms with van der Waals surface area (Å²) in [5, 5.41) is 0. The number of nitrogen functional groups attached to an aromatic ring is 1. The van der Waals surface area contributed by atoms with Gasteiger partial charge in [0.05, 0.1) is 5.56 Å². The maximum atomic E-state index is 12.7. The lowest BCUT2D eigenvalue weighted by molar-refractivity contribution is -0.276. The Bertz CT molecular complexity index is 391. The first-order valence-electron chi connectivity index (χ1n) is 3.70. The van der Waals surface area contributed by atoms with Crippen molar-refractivity contribution < 1.29 is 31.1 Å². The van der Waals surface area contributed by atoms with Crippen LogP contribution in [0.3, 0.4) is 0 Å². The third-order valence-corrected chi connectivity index (χ3v) is 1.44. The van der Waals surface area contributed by atoms with Gasteiger partial charge in [-0.2, -0.15) is 4.98 Å². The molecule has 16 heavy (non-hydrogen) atoms. The SMILES string of the molecule is Nc1nc(OC(F)(F)F)c(C(F)F)cc1F. The molecule has 0 saturated heterocycles. The molecule has 3 nitrogen and oxygen atoms in total. The molecule has 1 heterocycles. The molecule has 1 rings (SSSR count). The summed E-state index contributed by atoms with van der Waals surface area (Å²) in [5.41, 5.74) is 3.51. The maximum absolute atomic E-state index is 12.7. The van der Waals surface area contributed by atoms with Crippen LogP contribution in [0.1, 0.15) is 12.0 Å². The van der Waals surface area contributed by atoms with Crippen LogP contribution in [0.4, 0.5) is 32.2 Å². The molecule has 1 aromatic heterocycles. The lowest BCUT2D eigenvalue weighted by Gasteiger charge is -2.12. The summed E-state index contributed by atoms with van der Waals surface area (Å²) in [4.78, 5) is 2.76. The number of pyridine rings is 1. The van der Waals surface area contributed by atoms with Gasteiger partial charge in [-0.05, 0) is 6.07 Å². The second-order valence-electron chi connectivity index (χ2n) is 2.60. The number of alkyl halides is 5. The summed E-state index contributed by atoms with van der Waals surface area (Å²) in [6, 6.07) is 0.147. The molecule has 0 aliphatic carbocycles. The van der Waals surface area contributed by atoms with Gasteiger partial charge in [0.1, 0.15) is 0 Å². The third kappa shape index (κ3) is 2.91. The van der Waals surface area contributed by atoms with Gasteiger partial charge in [0.25, 0.3) is 6.43 Å². The Balaban J connectivity index is 3.20. The monoisotopic (exact) mass is 246 g/mol. The molecule has 0 atom stereocenters. The summed E-state index contributed by atoms with van der Waals surface area (Å²) in [6.45, 7) is 0. The molecular weight excluding hydrogens is 242 g/mol.